The third-order valence-corrected chi connectivity index (χ3v) is 8.10. The molecule has 1 unspecified atom stereocenters. The Kier molecular flexibility index (Phi) is 6.75. The maximum absolute atomic E-state index is 14.6. The molecule has 5 heterocycles. The van der Waals surface area contributed by atoms with Crippen LogP contribution in [-0.2, 0) is 14.6 Å². The van der Waals surface area contributed by atoms with Crippen LogP contribution in [0, 0.1) is 5.82 Å². The van der Waals surface area contributed by atoms with Crippen molar-refractivity contribution in [1.29, 1.82) is 0 Å². The van der Waals surface area contributed by atoms with E-state index in [1.807, 2.05) is 18.2 Å². The number of halogens is 1. The first kappa shape index (κ1) is 27.2. The number of rotatable bonds is 7. The number of H-pyrrole nitrogens is 2. The number of carbonyl (C=O) groups excluding carboxylic acids is 1. The average Bonchev–Trinajstić information content (AvgIpc) is 3.59. The van der Waals surface area contributed by atoms with Gasteiger partial charge in [-0.05, 0) is 59.2 Å². The number of benzene rings is 1. The zero-order chi connectivity index (χ0) is 29.6. The highest BCUT2D eigenvalue weighted by molar-refractivity contribution is 7.90. The first-order valence-corrected chi connectivity index (χ1v) is 14.9. The molecular weight excluding hydrogens is 559 g/mol. The van der Waals surface area contributed by atoms with Crippen LogP contribution in [0.5, 0.6) is 0 Å². The minimum Gasteiger partial charge on any atom is -0.338 e. The lowest BCUT2D eigenvalue weighted by atomic mass is 10.0. The number of anilines is 1. The third kappa shape index (κ3) is 5.10. The van der Waals surface area contributed by atoms with E-state index in [1.54, 1.807) is 43.8 Å². The van der Waals surface area contributed by atoms with Crippen molar-refractivity contribution in [1.82, 2.24) is 30.1 Å². The van der Waals surface area contributed by atoms with E-state index in [4.69, 9.17) is 5.73 Å². The maximum atomic E-state index is 14.6. The Labute approximate surface area is 239 Å². The number of fused-ring (bicyclic) bond motifs is 2. The third-order valence-electron chi connectivity index (χ3n) is 6.90. The van der Waals surface area contributed by atoms with E-state index in [1.165, 1.54) is 6.07 Å². The number of nitrogens with two attached hydrogens (primary N) is 1. The first-order chi connectivity index (χ1) is 20.1. The van der Waals surface area contributed by atoms with E-state index in [9.17, 15) is 17.6 Å². The van der Waals surface area contributed by atoms with Crippen LogP contribution in [-0.4, -0.2) is 50.7 Å². The van der Waals surface area contributed by atoms with Gasteiger partial charge in [-0.2, -0.15) is 5.10 Å². The predicted octanol–water partition coefficient (Wildman–Crippen LogP) is 4.72. The highest BCUT2D eigenvalue weighted by atomic mass is 32.2. The van der Waals surface area contributed by atoms with Crippen molar-refractivity contribution >= 4 is 43.5 Å². The van der Waals surface area contributed by atoms with Crippen molar-refractivity contribution in [2.45, 2.75) is 18.7 Å². The van der Waals surface area contributed by atoms with E-state index in [0.29, 0.717) is 51.3 Å². The van der Waals surface area contributed by atoms with Gasteiger partial charge in [0.1, 0.15) is 22.5 Å². The molecule has 1 atom stereocenters. The summed E-state index contributed by atoms with van der Waals surface area (Å²) in [6.45, 7) is 1.78. The molecular formula is C29H25FN8O3S. The molecule has 6 aromatic rings. The topological polar surface area (TPSA) is 172 Å². The standard InChI is InChI=1S/C29H25FN8O3S/c1-3-25(39)35-20-9-17(12-32-14-20)18-10-23-26(37-38-29(23)34-13-18)24-11-22-21(4-5-33-28(22)36-24)15-6-16(8-19(30)7-15)27(31)42(2,40)41/h4-14,27H,3,31H2,1-2H3,(H,33,36)(H,35,39)(H,34,37,38). The number of aromatic amines is 2. The molecule has 0 radical (unpaired) electrons. The summed E-state index contributed by atoms with van der Waals surface area (Å²) < 4.78 is 38.7. The van der Waals surface area contributed by atoms with Crippen LogP contribution < -0.4 is 11.1 Å². The fraction of sp³-hybridized carbons (Fsp3) is 0.138. The Bertz CT molecular complexity index is 2110. The minimum absolute atomic E-state index is 0.112. The number of carbonyl (C=O) groups is 1. The van der Waals surface area contributed by atoms with Gasteiger partial charge in [0.05, 0.1) is 17.6 Å². The number of nitrogens with zero attached hydrogens (tertiary/aromatic N) is 4. The van der Waals surface area contributed by atoms with E-state index in [0.717, 1.165) is 28.8 Å². The van der Waals surface area contributed by atoms with Crippen molar-refractivity contribution in [3.8, 4) is 33.6 Å². The molecule has 5 N–H and O–H groups in total. The predicted molar refractivity (Wildman–Crippen MR) is 158 cm³/mol. The van der Waals surface area contributed by atoms with Crippen molar-refractivity contribution in [3.63, 3.8) is 0 Å². The summed E-state index contributed by atoms with van der Waals surface area (Å²) in [4.78, 5) is 28.3. The molecule has 212 valence electrons. The molecule has 0 fully saturated rings. The fourth-order valence-electron chi connectivity index (χ4n) is 4.77. The van der Waals surface area contributed by atoms with E-state index < -0.39 is 21.0 Å². The number of hydrogen-bond donors (Lipinski definition) is 4. The van der Waals surface area contributed by atoms with Crippen molar-refractivity contribution < 1.29 is 17.6 Å². The van der Waals surface area contributed by atoms with E-state index in [2.05, 4.69) is 35.5 Å². The Morgan fingerprint density at radius 3 is 2.60 bits per heavy atom. The molecule has 0 spiro atoms. The van der Waals surface area contributed by atoms with E-state index in [-0.39, 0.29) is 11.5 Å². The lowest BCUT2D eigenvalue weighted by molar-refractivity contribution is -0.115. The largest absolute Gasteiger partial charge is 0.338 e. The summed E-state index contributed by atoms with van der Waals surface area (Å²) in [6.07, 6.45) is 7.91. The monoisotopic (exact) mass is 584 g/mol. The maximum Gasteiger partial charge on any atom is 0.224 e. The van der Waals surface area contributed by atoms with Crippen LogP contribution >= 0.6 is 0 Å². The summed E-state index contributed by atoms with van der Waals surface area (Å²) in [5, 5.41) is 10.3. The second-order valence-electron chi connectivity index (χ2n) is 9.88. The molecule has 0 aliphatic carbocycles. The molecule has 1 aromatic carbocycles. The summed E-state index contributed by atoms with van der Waals surface area (Å²) in [5.41, 5.74) is 11.6. The molecule has 0 saturated heterocycles. The van der Waals surface area contributed by atoms with Gasteiger partial charge in [0.15, 0.2) is 15.5 Å². The quantitative estimate of drug-likeness (QED) is 0.209. The zero-order valence-electron chi connectivity index (χ0n) is 22.5. The summed E-state index contributed by atoms with van der Waals surface area (Å²) in [6, 6.07) is 11.3. The molecule has 5 aromatic heterocycles. The fourth-order valence-corrected chi connectivity index (χ4v) is 5.40. The number of hydrogen-bond acceptors (Lipinski definition) is 8. The van der Waals surface area contributed by atoms with Crippen LogP contribution in [0.3, 0.4) is 0 Å². The summed E-state index contributed by atoms with van der Waals surface area (Å²) >= 11 is 0. The van der Waals surface area contributed by atoms with E-state index >= 15 is 0 Å². The van der Waals surface area contributed by atoms with Crippen LogP contribution in [0.4, 0.5) is 10.1 Å². The van der Waals surface area contributed by atoms with Crippen molar-refractivity contribution in [3.05, 3.63) is 78.6 Å². The first-order valence-electron chi connectivity index (χ1n) is 12.9. The van der Waals surface area contributed by atoms with Crippen LogP contribution in [0.2, 0.25) is 0 Å². The molecule has 0 saturated carbocycles. The van der Waals surface area contributed by atoms with Gasteiger partial charge in [-0.25, -0.2) is 22.8 Å². The number of sulfone groups is 1. The number of aromatic nitrogens is 6. The Hall–Kier alpha value is -5.01. The Morgan fingerprint density at radius 1 is 1.00 bits per heavy atom. The van der Waals surface area contributed by atoms with Gasteiger partial charge in [0.2, 0.25) is 5.91 Å². The van der Waals surface area contributed by atoms with Gasteiger partial charge in [-0.3, -0.25) is 14.9 Å². The highest BCUT2D eigenvalue weighted by Crippen LogP contribution is 2.35. The Morgan fingerprint density at radius 2 is 1.81 bits per heavy atom. The molecule has 6 rings (SSSR count). The molecule has 1 amide bonds. The van der Waals surface area contributed by atoms with Gasteiger partial charge in [0.25, 0.3) is 0 Å². The van der Waals surface area contributed by atoms with Gasteiger partial charge < -0.3 is 16.0 Å². The van der Waals surface area contributed by atoms with Crippen LogP contribution in [0.1, 0.15) is 24.3 Å². The van der Waals surface area contributed by atoms with Crippen molar-refractivity contribution in [2.24, 2.45) is 5.73 Å². The normalized spacial score (nSPS) is 12.6. The van der Waals surface area contributed by atoms with Gasteiger partial charge in [-0.1, -0.05) is 6.92 Å². The summed E-state index contributed by atoms with van der Waals surface area (Å²) in [5.74, 6) is -0.716. The van der Waals surface area contributed by atoms with Crippen LogP contribution in [0.15, 0.2) is 67.3 Å². The lowest BCUT2D eigenvalue weighted by Crippen LogP contribution is -2.20. The van der Waals surface area contributed by atoms with Crippen molar-refractivity contribution in [2.75, 3.05) is 11.6 Å². The highest BCUT2D eigenvalue weighted by Gasteiger charge is 2.21. The molecule has 13 heteroatoms. The molecule has 0 aliphatic rings. The summed E-state index contributed by atoms with van der Waals surface area (Å²) in [7, 11) is -3.64. The smallest absolute Gasteiger partial charge is 0.224 e. The number of amides is 1. The van der Waals surface area contributed by atoms with Gasteiger partial charge >= 0.3 is 0 Å². The second kappa shape index (κ2) is 10.4. The van der Waals surface area contributed by atoms with Gasteiger partial charge in [-0.15, -0.1) is 0 Å². The molecule has 42 heavy (non-hydrogen) atoms. The molecule has 0 aliphatic heterocycles. The minimum atomic E-state index is -3.64. The molecule has 0 bridgehead atoms. The SMILES string of the molecule is CCC(=O)Nc1cncc(-c2cnc3[nH]nc(-c4cc5c(-c6cc(F)cc(C(N)S(C)(=O)=O)c6)ccnc5[nH]4)c3c2)c1. The second-order valence-corrected chi connectivity index (χ2v) is 12.1. The number of pyridine rings is 3. The Balaban J connectivity index is 1.42. The average molecular weight is 585 g/mol. The zero-order valence-corrected chi connectivity index (χ0v) is 23.3. The van der Waals surface area contributed by atoms with Gasteiger partial charge in [0, 0.05) is 53.2 Å². The number of nitrogens with one attached hydrogen (secondary N) is 3. The lowest BCUT2D eigenvalue weighted by Gasteiger charge is -2.12. The van der Waals surface area contributed by atoms with Crippen LogP contribution in [0.25, 0.3) is 55.7 Å². The molecule has 11 nitrogen and oxygen atoms in total.